The summed E-state index contributed by atoms with van der Waals surface area (Å²) >= 11 is 0. The maximum atomic E-state index is 13.4. The second-order valence-electron chi connectivity index (χ2n) is 3.68. The van der Waals surface area contributed by atoms with Crippen LogP contribution in [0.2, 0.25) is 0 Å². The number of aliphatic hydroxyl groups is 1. The fraction of sp³-hybridized carbons (Fsp3) is 0.364. The first-order valence-electron chi connectivity index (χ1n) is 4.97. The molecule has 0 aromatic heterocycles. The van der Waals surface area contributed by atoms with Crippen molar-refractivity contribution in [1.29, 1.82) is 0 Å². The third kappa shape index (κ3) is 2.79. The van der Waals surface area contributed by atoms with E-state index < -0.39 is 47.6 Å². The lowest BCUT2D eigenvalue weighted by molar-refractivity contribution is 0.123. The first-order valence-corrected chi connectivity index (χ1v) is 4.97. The van der Waals surface area contributed by atoms with E-state index in [9.17, 15) is 17.6 Å². The normalized spacial score (nSPS) is 10.4. The Morgan fingerprint density at radius 2 is 1.44 bits per heavy atom. The topological polar surface area (TPSA) is 41.8 Å². The molecule has 18 heavy (non-hydrogen) atoms. The van der Waals surface area contributed by atoms with Crippen molar-refractivity contribution >= 4 is 5.71 Å². The third-order valence-electron chi connectivity index (χ3n) is 2.06. The Kier molecular flexibility index (Phi) is 4.66. The van der Waals surface area contributed by atoms with Gasteiger partial charge in [-0.15, -0.1) is 0 Å². The highest BCUT2D eigenvalue weighted by atomic mass is 19.2. The van der Waals surface area contributed by atoms with Crippen molar-refractivity contribution in [2.75, 3.05) is 0 Å². The smallest absolute Gasteiger partial charge is 0.169 e. The highest BCUT2D eigenvalue weighted by Crippen LogP contribution is 2.24. The van der Waals surface area contributed by atoms with Gasteiger partial charge in [-0.05, 0) is 13.8 Å². The first kappa shape index (κ1) is 14.4. The molecule has 0 atom stereocenters. The molecule has 1 aromatic carbocycles. The van der Waals surface area contributed by atoms with Crippen LogP contribution in [0.4, 0.5) is 17.6 Å². The summed E-state index contributed by atoms with van der Waals surface area (Å²) in [5.74, 6) is -6.46. The zero-order valence-corrected chi connectivity index (χ0v) is 9.73. The van der Waals surface area contributed by atoms with E-state index in [1.165, 1.54) is 0 Å². The molecule has 0 unspecified atom stereocenters. The Balaban J connectivity index is 3.17. The van der Waals surface area contributed by atoms with Crippen LogP contribution < -0.4 is 0 Å². The van der Waals surface area contributed by atoms with Gasteiger partial charge in [-0.3, -0.25) is 0 Å². The van der Waals surface area contributed by atoms with Crippen LogP contribution in [0, 0.1) is 23.3 Å². The van der Waals surface area contributed by atoms with E-state index >= 15 is 0 Å². The van der Waals surface area contributed by atoms with Crippen molar-refractivity contribution < 1.29 is 27.5 Å². The Labute approximate surface area is 101 Å². The summed E-state index contributed by atoms with van der Waals surface area (Å²) < 4.78 is 53.3. The zero-order chi connectivity index (χ0) is 13.9. The van der Waals surface area contributed by atoms with Gasteiger partial charge in [0, 0.05) is 0 Å². The van der Waals surface area contributed by atoms with Gasteiger partial charge in [0.25, 0.3) is 0 Å². The van der Waals surface area contributed by atoms with Gasteiger partial charge in [0.2, 0.25) is 0 Å². The summed E-state index contributed by atoms with van der Waals surface area (Å²) in [4.78, 5) is 4.54. The summed E-state index contributed by atoms with van der Waals surface area (Å²) in [6.07, 6.45) is 0. The number of rotatable bonds is 4. The molecule has 0 saturated carbocycles. The summed E-state index contributed by atoms with van der Waals surface area (Å²) in [6, 6.07) is 0. The lowest BCUT2D eigenvalue weighted by Crippen LogP contribution is -2.09. The van der Waals surface area contributed by atoms with E-state index in [1.54, 1.807) is 13.8 Å². The molecule has 1 rings (SSSR count). The number of hydrogen-bond donors (Lipinski definition) is 1. The molecule has 1 N–H and O–H groups in total. The maximum Gasteiger partial charge on any atom is 0.169 e. The Bertz CT molecular complexity index is 455. The van der Waals surface area contributed by atoms with Gasteiger partial charge >= 0.3 is 0 Å². The van der Waals surface area contributed by atoms with Gasteiger partial charge in [-0.25, -0.2) is 17.6 Å². The number of hydrogen-bond acceptors (Lipinski definition) is 3. The molecule has 0 aliphatic heterocycles. The van der Waals surface area contributed by atoms with Crippen LogP contribution in [-0.4, -0.2) is 10.8 Å². The van der Waals surface area contributed by atoms with Crippen LogP contribution in [-0.2, 0) is 18.1 Å². The lowest BCUT2D eigenvalue weighted by atomic mass is 10.1. The molecule has 0 radical (unpaired) electrons. The van der Waals surface area contributed by atoms with Gasteiger partial charge < -0.3 is 9.94 Å². The third-order valence-corrected chi connectivity index (χ3v) is 2.06. The van der Waals surface area contributed by atoms with Crippen LogP contribution in [0.3, 0.4) is 0 Å². The van der Waals surface area contributed by atoms with Crippen molar-refractivity contribution in [2.24, 2.45) is 5.16 Å². The summed E-state index contributed by atoms with van der Waals surface area (Å²) in [7, 11) is 0. The number of oxime groups is 1. The number of aliphatic hydroxyl groups excluding tert-OH is 1. The monoisotopic (exact) mass is 265 g/mol. The van der Waals surface area contributed by atoms with Gasteiger partial charge in [-0.2, -0.15) is 0 Å². The quantitative estimate of drug-likeness (QED) is 0.393. The molecular formula is C11H11F4NO2. The van der Waals surface area contributed by atoms with Gasteiger partial charge in [0.05, 0.1) is 23.4 Å². The molecule has 0 fully saturated rings. The number of halogens is 4. The molecule has 7 heteroatoms. The predicted molar refractivity (Wildman–Crippen MR) is 55.8 cm³/mol. The van der Waals surface area contributed by atoms with Crippen molar-refractivity contribution in [3.63, 3.8) is 0 Å². The Morgan fingerprint density at radius 1 is 1.00 bits per heavy atom. The van der Waals surface area contributed by atoms with Crippen molar-refractivity contribution in [3.8, 4) is 0 Å². The molecule has 0 aliphatic carbocycles. The molecule has 0 amide bonds. The second-order valence-corrected chi connectivity index (χ2v) is 3.68. The van der Waals surface area contributed by atoms with E-state index in [4.69, 9.17) is 5.11 Å². The highest BCUT2D eigenvalue weighted by Gasteiger charge is 2.25. The number of benzene rings is 1. The average molecular weight is 265 g/mol. The molecule has 0 bridgehead atoms. The first-order chi connectivity index (χ1) is 8.40. The Hall–Kier alpha value is -1.63. The highest BCUT2D eigenvalue weighted by molar-refractivity contribution is 5.78. The Morgan fingerprint density at radius 3 is 1.83 bits per heavy atom. The zero-order valence-electron chi connectivity index (χ0n) is 9.73. The molecule has 100 valence electrons. The van der Waals surface area contributed by atoms with E-state index in [1.807, 2.05) is 0 Å². The number of nitrogens with zero attached hydrogens (tertiary/aromatic N) is 1. The standard InChI is InChI=1S/C11H11F4NO2/c1-5(2)16-18-4-7-10(14)8(12)6(3-17)9(13)11(7)15/h17H,3-4H2,1-2H3. The van der Waals surface area contributed by atoms with Crippen molar-refractivity contribution in [3.05, 3.63) is 34.4 Å². The minimum absolute atomic E-state index is 0.476. The molecule has 0 heterocycles. The van der Waals surface area contributed by atoms with E-state index in [2.05, 4.69) is 9.99 Å². The molecule has 3 nitrogen and oxygen atoms in total. The van der Waals surface area contributed by atoms with Crippen molar-refractivity contribution in [2.45, 2.75) is 27.1 Å². The maximum absolute atomic E-state index is 13.4. The molecule has 0 aliphatic rings. The summed E-state index contributed by atoms with van der Waals surface area (Å²) in [6.45, 7) is 1.26. The van der Waals surface area contributed by atoms with Crippen LogP contribution in [0.1, 0.15) is 25.0 Å². The molecular weight excluding hydrogens is 254 g/mol. The van der Waals surface area contributed by atoms with Crippen LogP contribution in [0.25, 0.3) is 0 Å². The van der Waals surface area contributed by atoms with E-state index in [0.29, 0.717) is 5.71 Å². The summed E-state index contributed by atoms with van der Waals surface area (Å²) in [5.41, 5.74) is -1.49. The van der Waals surface area contributed by atoms with Crippen LogP contribution in [0.5, 0.6) is 0 Å². The molecule has 1 aromatic rings. The lowest BCUT2D eigenvalue weighted by Gasteiger charge is -2.09. The van der Waals surface area contributed by atoms with Crippen molar-refractivity contribution in [1.82, 2.24) is 0 Å². The minimum atomic E-state index is -1.63. The van der Waals surface area contributed by atoms with E-state index in [-0.39, 0.29) is 0 Å². The minimum Gasteiger partial charge on any atom is -0.391 e. The van der Waals surface area contributed by atoms with Gasteiger partial charge in [0.1, 0.15) is 6.61 Å². The van der Waals surface area contributed by atoms with Gasteiger partial charge in [0.15, 0.2) is 23.3 Å². The van der Waals surface area contributed by atoms with E-state index in [0.717, 1.165) is 0 Å². The second kappa shape index (κ2) is 5.81. The van der Waals surface area contributed by atoms with Crippen LogP contribution >= 0.6 is 0 Å². The molecule has 0 saturated heterocycles. The predicted octanol–water partition coefficient (Wildman–Crippen LogP) is 2.65. The van der Waals surface area contributed by atoms with Gasteiger partial charge in [-0.1, -0.05) is 5.16 Å². The SMILES string of the molecule is CC(C)=NOCc1c(F)c(F)c(CO)c(F)c1F. The molecule has 0 spiro atoms. The fourth-order valence-electron chi connectivity index (χ4n) is 1.21. The van der Waals surface area contributed by atoms with Crippen LogP contribution in [0.15, 0.2) is 5.16 Å². The fourth-order valence-corrected chi connectivity index (χ4v) is 1.21. The average Bonchev–Trinajstić information content (AvgIpc) is 2.31. The summed E-state index contributed by atoms with van der Waals surface area (Å²) in [5, 5.41) is 12.0. The largest absolute Gasteiger partial charge is 0.391 e.